The average Bonchev–Trinajstić information content (AvgIpc) is 1.93. The van der Waals surface area contributed by atoms with Crippen molar-refractivity contribution < 1.29 is 5.73 Å². The third-order valence-electron chi connectivity index (χ3n) is 1.27. The van der Waals surface area contributed by atoms with Crippen LogP contribution in [0.15, 0.2) is 24.3 Å². The summed E-state index contributed by atoms with van der Waals surface area (Å²) in [4.78, 5) is 0.779. The zero-order valence-corrected chi connectivity index (χ0v) is 7.24. The molecule has 0 spiro atoms. The van der Waals surface area contributed by atoms with Crippen molar-refractivity contribution in [1.29, 1.82) is 0 Å². The molecule has 0 saturated heterocycles. The van der Waals surface area contributed by atoms with Gasteiger partial charge < -0.3 is 11.1 Å². The molecule has 0 amide bonds. The van der Waals surface area contributed by atoms with Crippen LogP contribution in [0.25, 0.3) is 0 Å². The summed E-state index contributed by atoms with van der Waals surface area (Å²) in [7, 11) is 0. The molecule has 0 unspecified atom stereocenters. The molecule has 1 rings (SSSR count). The summed E-state index contributed by atoms with van der Waals surface area (Å²) in [5, 5.41) is 3.04. The molecule has 3 heteroatoms. The minimum atomic E-state index is 0.779. The van der Waals surface area contributed by atoms with Gasteiger partial charge in [0, 0.05) is 17.8 Å². The van der Waals surface area contributed by atoms with Crippen molar-refractivity contribution in [1.82, 2.24) is 0 Å². The summed E-state index contributed by atoms with van der Waals surface area (Å²) >= 11 is 4.88. The van der Waals surface area contributed by atoms with E-state index in [1.807, 2.05) is 31.2 Å². The number of benzene rings is 1. The quantitative estimate of drug-likeness (QED) is 0.619. The lowest BCUT2D eigenvalue weighted by Gasteiger charge is -2.01. The lowest BCUT2D eigenvalue weighted by Crippen LogP contribution is -2.39. The topological polar surface area (TPSA) is 39.7 Å². The normalized spacial score (nSPS) is 9.27. The minimum absolute atomic E-state index is 0.779. The van der Waals surface area contributed by atoms with Gasteiger partial charge in [0.05, 0.1) is 4.99 Å². The SMILES string of the molecule is CC(=S)Nc1ccc([NH3+])cc1. The summed E-state index contributed by atoms with van der Waals surface area (Å²) in [6, 6.07) is 7.80. The second-order valence-corrected chi connectivity index (χ2v) is 2.99. The smallest absolute Gasteiger partial charge is 0.128 e. The molecule has 58 valence electrons. The van der Waals surface area contributed by atoms with Gasteiger partial charge in [-0.2, -0.15) is 0 Å². The van der Waals surface area contributed by atoms with Gasteiger partial charge in [0.2, 0.25) is 0 Å². The first-order valence-corrected chi connectivity index (χ1v) is 3.79. The van der Waals surface area contributed by atoms with Crippen molar-refractivity contribution in [3.8, 4) is 0 Å². The van der Waals surface area contributed by atoms with E-state index in [0.717, 1.165) is 16.4 Å². The molecule has 0 heterocycles. The molecule has 1 aromatic carbocycles. The van der Waals surface area contributed by atoms with Crippen LogP contribution in [-0.4, -0.2) is 4.99 Å². The van der Waals surface area contributed by atoms with Crippen LogP contribution in [0.1, 0.15) is 6.92 Å². The van der Waals surface area contributed by atoms with Crippen molar-refractivity contribution in [2.75, 3.05) is 5.32 Å². The first-order chi connectivity index (χ1) is 5.18. The summed E-state index contributed by atoms with van der Waals surface area (Å²) in [5.41, 5.74) is 5.81. The fourth-order valence-electron chi connectivity index (χ4n) is 0.791. The largest absolute Gasteiger partial charge is 0.350 e. The molecule has 0 fully saturated rings. The van der Waals surface area contributed by atoms with E-state index in [2.05, 4.69) is 11.1 Å². The van der Waals surface area contributed by atoms with E-state index in [1.165, 1.54) is 0 Å². The highest BCUT2D eigenvalue weighted by molar-refractivity contribution is 7.80. The zero-order valence-electron chi connectivity index (χ0n) is 6.42. The molecule has 0 aliphatic carbocycles. The number of quaternary nitrogens is 1. The predicted octanol–water partition coefficient (Wildman–Crippen LogP) is 1.32. The molecular formula is C8H11N2S+. The maximum Gasteiger partial charge on any atom is 0.128 e. The molecule has 0 saturated carbocycles. The van der Waals surface area contributed by atoms with Crippen molar-refractivity contribution >= 4 is 28.6 Å². The van der Waals surface area contributed by atoms with Crippen LogP contribution in [0.2, 0.25) is 0 Å². The second kappa shape index (κ2) is 3.46. The van der Waals surface area contributed by atoms with E-state index in [9.17, 15) is 0 Å². The van der Waals surface area contributed by atoms with Gasteiger partial charge in [-0.25, -0.2) is 0 Å². The molecule has 0 aliphatic heterocycles. The summed E-state index contributed by atoms with van der Waals surface area (Å²) < 4.78 is 0. The molecule has 0 atom stereocenters. The lowest BCUT2D eigenvalue weighted by molar-refractivity contribution is -0.254. The van der Waals surface area contributed by atoms with Crippen LogP contribution < -0.4 is 11.1 Å². The standard InChI is InChI=1S/C8H10N2S/c1-6(11)10-8-4-2-7(9)3-5-8/h2-5H,9H2,1H3,(H,10,11)/p+1. The lowest BCUT2D eigenvalue weighted by atomic mass is 10.3. The highest BCUT2D eigenvalue weighted by Gasteiger charge is 1.91. The molecule has 0 bridgehead atoms. The average molecular weight is 167 g/mol. The molecule has 0 radical (unpaired) electrons. The molecule has 0 aromatic heterocycles. The Morgan fingerprint density at radius 2 is 1.91 bits per heavy atom. The Bertz CT molecular complexity index is 253. The van der Waals surface area contributed by atoms with Gasteiger partial charge in [-0.1, -0.05) is 12.2 Å². The van der Waals surface area contributed by atoms with E-state index < -0.39 is 0 Å². The fraction of sp³-hybridized carbons (Fsp3) is 0.125. The van der Waals surface area contributed by atoms with Crippen molar-refractivity contribution in [3.05, 3.63) is 24.3 Å². The Morgan fingerprint density at radius 1 is 1.36 bits per heavy atom. The third-order valence-corrected chi connectivity index (χ3v) is 1.38. The second-order valence-electron chi connectivity index (χ2n) is 2.38. The van der Waals surface area contributed by atoms with Crippen LogP contribution in [0.4, 0.5) is 11.4 Å². The van der Waals surface area contributed by atoms with E-state index >= 15 is 0 Å². The number of rotatable bonds is 1. The number of anilines is 1. The van der Waals surface area contributed by atoms with Crippen LogP contribution >= 0.6 is 12.2 Å². The number of hydrogen-bond acceptors (Lipinski definition) is 1. The fourth-order valence-corrected chi connectivity index (χ4v) is 0.909. The Labute approximate surface area is 71.4 Å². The number of nitrogens with one attached hydrogen (secondary N) is 1. The summed E-state index contributed by atoms with van der Waals surface area (Å²) in [6.45, 7) is 1.85. The maximum atomic E-state index is 4.88. The zero-order chi connectivity index (χ0) is 8.27. The van der Waals surface area contributed by atoms with Gasteiger partial charge in [-0.3, -0.25) is 0 Å². The van der Waals surface area contributed by atoms with E-state index in [0.29, 0.717) is 0 Å². The first-order valence-electron chi connectivity index (χ1n) is 3.38. The molecular weight excluding hydrogens is 156 g/mol. The molecule has 1 aromatic rings. The predicted molar refractivity (Wildman–Crippen MR) is 50.9 cm³/mol. The van der Waals surface area contributed by atoms with Crippen LogP contribution in [-0.2, 0) is 0 Å². The molecule has 2 nitrogen and oxygen atoms in total. The van der Waals surface area contributed by atoms with Gasteiger partial charge in [-0.15, -0.1) is 0 Å². The van der Waals surface area contributed by atoms with Gasteiger partial charge in [0.1, 0.15) is 5.69 Å². The monoisotopic (exact) mass is 167 g/mol. The van der Waals surface area contributed by atoms with Crippen LogP contribution in [0.5, 0.6) is 0 Å². The van der Waals surface area contributed by atoms with E-state index in [-0.39, 0.29) is 0 Å². The van der Waals surface area contributed by atoms with Gasteiger partial charge in [-0.05, 0) is 19.1 Å². The Hall–Kier alpha value is -0.930. The number of hydrogen-bond donors (Lipinski definition) is 2. The first kappa shape index (κ1) is 8.17. The molecule has 0 aliphatic rings. The summed E-state index contributed by atoms with van der Waals surface area (Å²) in [5.74, 6) is 0. The minimum Gasteiger partial charge on any atom is -0.350 e. The molecule has 11 heavy (non-hydrogen) atoms. The van der Waals surface area contributed by atoms with E-state index in [1.54, 1.807) is 0 Å². The van der Waals surface area contributed by atoms with Crippen LogP contribution in [0.3, 0.4) is 0 Å². The number of thiocarbonyl (C=S) groups is 1. The summed E-state index contributed by atoms with van der Waals surface area (Å²) in [6.07, 6.45) is 0. The van der Waals surface area contributed by atoms with E-state index in [4.69, 9.17) is 12.2 Å². The van der Waals surface area contributed by atoms with Crippen LogP contribution in [0, 0.1) is 0 Å². The Balaban J connectivity index is 2.74. The highest BCUT2D eigenvalue weighted by atomic mass is 32.1. The highest BCUT2D eigenvalue weighted by Crippen LogP contribution is 2.08. The molecule has 4 N–H and O–H groups in total. The van der Waals surface area contributed by atoms with Gasteiger partial charge in [0.15, 0.2) is 0 Å². The Morgan fingerprint density at radius 3 is 2.36 bits per heavy atom. The van der Waals surface area contributed by atoms with Gasteiger partial charge >= 0.3 is 0 Å². The van der Waals surface area contributed by atoms with Crippen molar-refractivity contribution in [2.24, 2.45) is 0 Å². The van der Waals surface area contributed by atoms with Gasteiger partial charge in [0.25, 0.3) is 0 Å². The third kappa shape index (κ3) is 2.65. The Kier molecular flexibility index (Phi) is 2.57. The van der Waals surface area contributed by atoms with Crippen molar-refractivity contribution in [2.45, 2.75) is 6.92 Å². The van der Waals surface area contributed by atoms with Crippen molar-refractivity contribution in [3.63, 3.8) is 0 Å². The maximum absolute atomic E-state index is 4.88.